The number of hydrogen-bond acceptors (Lipinski definition) is 9. The van der Waals surface area contributed by atoms with Crippen LogP contribution < -0.4 is 10.6 Å². The van der Waals surface area contributed by atoms with Crippen molar-refractivity contribution >= 4 is 11.4 Å². The molecule has 0 saturated carbocycles. The summed E-state index contributed by atoms with van der Waals surface area (Å²) < 4.78 is 23.9. The van der Waals surface area contributed by atoms with Gasteiger partial charge in [0.2, 0.25) is 0 Å². The molecule has 42 heavy (non-hydrogen) atoms. The van der Waals surface area contributed by atoms with Crippen LogP contribution in [0.1, 0.15) is 22.5 Å². The molecule has 226 valence electrons. The Bertz CT molecular complexity index is 1100. The maximum atomic E-state index is 5.97. The maximum absolute atomic E-state index is 5.97. The molecule has 9 nitrogen and oxygen atoms in total. The first kappa shape index (κ1) is 30.4. The summed E-state index contributed by atoms with van der Waals surface area (Å²) in [6, 6.07) is 23.3. The van der Waals surface area contributed by atoms with E-state index in [0.717, 1.165) is 62.0 Å². The third-order valence-corrected chi connectivity index (χ3v) is 7.56. The standard InChI is InChI=1S/C33H45N5O4/c1-3-10-32-28(6-1)26-37-12-16-39-20-22-41-18-14-38(15-19-42-23-21-40-17-13-37)27-29-7-2-4-11-33(29)35-25-31-9-5-8-30(36-31)24-34-32/h1-11,34-35H,12-27H2. The van der Waals surface area contributed by atoms with Gasteiger partial charge < -0.3 is 29.6 Å². The van der Waals surface area contributed by atoms with Crippen LogP contribution in [0.3, 0.4) is 0 Å². The summed E-state index contributed by atoms with van der Waals surface area (Å²) in [4.78, 5) is 9.73. The molecule has 0 spiro atoms. The van der Waals surface area contributed by atoms with Gasteiger partial charge >= 0.3 is 0 Å². The van der Waals surface area contributed by atoms with Gasteiger partial charge in [0.1, 0.15) is 0 Å². The lowest BCUT2D eigenvalue weighted by Crippen LogP contribution is -2.33. The number of nitrogens with one attached hydrogen (secondary N) is 2. The number of pyridine rings is 1. The van der Waals surface area contributed by atoms with E-state index in [4.69, 9.17) is 23.9 Å². The molecule has 1 saturated heterocycles. The van der Waals surface area contributed by atoms with Crippen LogP contribution in [0.25, 0.3) is 0 Å². The van der Waals surface area contributed by atoms with Crippen LogP contribution in [0.5, 0.6) is 0 Å². The van der Waals surface area contributed by atoms with E-state index in [-0.39, 0.29) is 0 Å². The summed E-state index contributed by atoms with van der Waals surface area (Å²) in [5.74, 6) is 0. The monoisotopic (exact) mass is 575 g/mol. The van der Waals surface area contributed by atoms with Gasteiger partial charge in [-0.2, -0.15) is 0 Å². The van der Waals surface area contributed by atoms with Crippen LogP contribution in [0.2, 0.25) is 0 Å². The first-order valence-corrected chi connectivity index (χ1v) is 15.2. The highest BCUT2D eigenvalue weighted by molar-refractivity contribution is 5.52. The zero-order valence-corrected chi connectivity index (χ0v) is 24.6. The minimum absolute atomic E-state index is 0.587. The number of para-hydroxylation sites is 2. The molecule has 4 bridgehead atoms. The second kappa shape index (κ2) is 17.2. The quantitative estimate of drug-likeness (QED) is 0.414. The zero-order valence-electron chi connectivity index (χ0n) is 24.6. The molecule has 0 atom stereocenters. The Balaban J connectivity index is 1.39. The average molecular weight is 576 g/mol. The fourth-order valence-corrected chi connectivity index (χ4v) is 5.20. The fourth-order valence-electron chi connectivity index (χ4n) is 5.20. The van der Waals surface area contributed by atoms with E-state index in [1.807, 2.05) is 0 Å². The van der Waals surface area contributed by atoms with Gasteiger partial charge in [-0.25, -0.2) is 0 Å². The Morgan fingerprint density at radius 2 is 0.881 bits per heavy atom. The Morgan fingerprint density at radius 3 is 1.31 bits per heavy atom. The predicted molar refractivity (Wildman–Crippen MR) is 166 cm³/mol. The Morgan fingerprint density at radius 1 is 0.476 bits per heavy atom. The summed E-state index contributed by atoms with van der Waals surface area (Å²) in [5, 5.41) is 7.28. The molecule has 1 fully saturated rings. The number of rotatable bonds is 0. The molecule has 3 aromatic rings. The second-order valence-corrected chi connectivity index (χ2v) is 10.6. The van der Waals surface area contributed by atoms with Crippen molar-refractivity contribution < 1.29 is 18.9 Å². The van der Waals surface area contributed by atoms with Gasteiger partial charge in [-0.3, -0.25) is 14.8 Å². The molecule has 0 amide bonds. The topological polar surface area (TPSA) is 80.4 Å². The molecule has 3 aliphatic heterocycles. The Hall–Kier alpha value is -3.05. The lowest BCUT2D eigenvalue weighted by atomic mass is 10.1. The third kappa shape index (κ3) is 10.0. The summed E-state index contributed by atoms with van der Waals surface area (Å²) in [6.45, 7) is 11.1. The van der Waals surface area contributed by atoms with Crippen molar-refractivity contribution in [2.75, 3.05) is 89.7 Å². The van der Waals surface area contributed by atoms with Crippen LogP contribution in [-0.4, -0.2) is 93.8 Å². The van der Waals surface area contributed by atoms with Crippen molar-refractivity contribution in [2.45, 2.75) is 26.2 Å². The molecule has 9 heteroatoms. The second-order valence-electron chi connectivity index (χ2n) is 10.6. The summed E-state index contributed by atoms with van der Waals surface area (Å²) in [6.07, 6.45) is 0. The third-order valence-electron chi connectivity index (χ3n) is 7.56. The van der Waals surface area contributed by atoms with E-state index in [9.17, 15) is 0 Å². The Kier molecular flexibility index (Phi) is 12.4. The van der Waals surface area contributed by atoms with Gasteiger partial charge in [0.15, 0.2) is 0 Å². The van der Waals surface area contributed by atoms with Gasteiger partial charge in [0.25, 0.3) is 0 Å². The lowest BCUT2D eigenvalue weighted by molar-refractivity contribution is 0.00628. The average Bonchev–Trinajstić information content (AvgIpc) is 3.01. The SMILES string of the molecule is c1cc2nc(c1)CNc1ccccc1CN1CCOCCOCCN(CCOCCOCC1)Cc1ccccc1NC2. The highest BCUT2D eigenvalue weighted by Gasteiger charge is 2.13. The van der Waals surface area contributed by atoms with Crippen molar-refractivity contribution in [1.29, 1.82) is 0 Å². The molecule has 0 aliphatic carbocycles. The van der Waals surface area contributed by atoms with Crippen molar-refractivity contribution in [3.05, 3.63) is 89.2 Å². The van der Waals surface area contributed by atoms with E-state index < -0.39 is 0 Å². The fraction of sp³-hybridized carbons (Fsp3) is 0.485. The molecule has 1 aromatic heterocycles. The van der Waals surface area contributed by atoms with Crippen molar-refractivity contribution in [3.63, 3.8) is 0 Å². The van der Waals surface area contributed by atoms with Crippen molar-refractivity contribution in [2.24, 2.45) is 0 Å². The van der Waals surface area contributed by atoms with Crippen LogP contribution in [-0.2, 0) is 45.1 Å². The number of hydrogen-bond donors (Lipinski definition) is 2. The normalized spacial score (nSPS) is 22.2. The van der Waals surface area contributed by atoms with E-state index >= 15 is 0 Å². The van der Waals surface area contributed by atoms with Crippen LogP contribution >= 0.6 is 0 Å². The number of anilines is 2. The van der Waals surface area contributed by atoms with E-state index in [1.54, 1.807) is 0 Å². The Labute approximate surface area is 250 Å². The highest BCUT2D eigenvalue weighted by Crippen LogP contribution is 2.20. The van der Waals surface area contributed by atoms with Gasteiger partial charge in [0.05, 0.1) is 77.3 Å². The number of ether oxygens (including phenoxy) is 4. The van der Waals surface area contributed by atoms with E-state index in [2.05, 4.69) is 87.2 Å². The number of fused-ring (bicyclic) bond motifs is 16. The minimum atomic E-state index is 0.587. The summed E-state index contributed by atoms with van der Waals surface area (Å²) >= 11 is 0. The molecule has 3 aliphatic rings. The summed E-state index contributed by atoms with van der Waals surface area (Å²) in [7, 11) is 0. The highest BCUT2D eigenvalue weighted by atomic mass is 16.5. The number of nitrogens with zero attached hydrogens (tertiary/aromatic N) is 3. The minimum Gasteiger partial charge on any atom is -0.379 e. The first-order chi connectivity index (χ1) is 20.8. The molecule has 6 rings (SSSR count). The van der Waals surface area contributed by atoms with Crippen LogP contribution in [0, 0.1) is 0 Å². The molecular formula is C33H45N5O4. The van der Waals surface area contributed by atoms with Gasteiger partial charge in [0, 0.05) is 50.6 Å². The van der Waals surface area contributed by atoms with Crippen molar-refractivity contribution in [1.82, 2.24) is 14.8 Å². The zero-order chi connectivity index (χ0) is 28.7. The summed E-state index contributed by atoms with van der Waals surface area (Å²) in [5.41, 5.74) is 6.74. The van der Waals surface area contributed by atoms with Crippen molar-refractivity contribution in [3.8, 4) is 0 Å². The maximum Gasteiger partial charge on any atom is 0.0701 e. The van der Waals surface area contributed by atoms with Gasteiger partial charge in [-0.15, -0.1) is 0 Å². The molecule has 0 radical (unpaired) electrons. The first-order valence-electron chi connectivity index (χ1n) is 15.2. The molecule has 4 heterocycles. The largest absolute Gasteiger partial charge is 0.379 e. The molecule has 2 N–H and O–H groups in total. The van der Waals surface area contributed by atoms with Gasteiger partial charge in [-0.1, -0.05) is 42.5 Å². The predicted octanol–water partition coefficient (Wildman–Crippen LogP) is 4.00. The van der Waals surface area contributed by atoms with Crippen LogP contribution in [0.15, 0.2) is 66.7 Å². The van der Waals surface area contributed by atoms with Crippen LogP contribution in [0.4, 0.5) is 11.4 Å². The number of benzene rings is 2. The number of aromatic nitrogens is 1. The van der Waals surface area contributed by atoms with E-state index in [0.29, 0.717) is 65.9 Å². The molecule has 2 aromatic carbocycles. The molecular weight excluding hydrogens is 530 g/mol. The van der Waals surface area contributed by atoms with E-state index in [1.165, 1.54) is 11.1 Å². The smallest absolute Gasteiger partial charge is 0.0701 e. The lowest BCUT2D eigenvalue weighted by Gasteiger charge is -2.25. The van der Waals surface area contributed by atoms with Gasteiger partial charge in [-0.05, 0) is 35.4 Å². The molecule has 0 unspecified atom stereocenters.